The lowest BCUT2D eigenvalue weighted by Gasteiger charge is -2.10. The lowest BCUT2D eigenvalue weighted by Crippen LogP contribution is -2.22. The fourth-order valence-corrected chi connectivity index (χ4v) is 4.05. The first-order valence-electron chi connectivity index (χ1n) is 9.78. The molecule has 4 rings (SSSR count). The van der Waals surface area contributed by atoms with Crippen molar-refractivity contribution in [3.8, 4) is 33.3 Å². The number of hydrogen-bond acceptors (Lipinski definition) is 5. The number of benzene rings is 3. The van der Waals surface area contributed by atoms with Gasteiger partial charge in [-0.2, -0.15) is 0 Å². The van der Waals surface area contributed by atoms with Crippen molar-refractivity contribution in [2.45, 2.75) is 6.54 Å². The second kappa shape index (κ2) is 9.45. The van der Waals surface area contributed by atoms with E-state index in [0.29, 0.717) is 23.6 Å². The number of methoxy groups -OCH3 is 2. The monoisotopic (exact) mass is 430 g/mol. The summed E-state index contributed by atoms with van der Waals surface area (Å²) >= 11 is 1.61. The number of amides is 1. The molecule has 156 valence electrons. The summed E-state index contributed by atoms with van der Waals surface area (Å²) in [5.74, 6) is 0.937. The van der Waals surface area contributed by atoms with Crippen LogP contribution in [0.25, 0.3) is 21.8 Å². The van der Waals surface area contributed by atoms with Gasteiger partial charge in [-0.1, -0.05) is 48.5 Å². The van der Waals surface area contributed by atoms with Crippen molar-refractivity contribution < 1.29 is 14.3 Å². The van der Waals surface area contributed by atoms with E-state index in [9.17, 15) is 4.79 Å². The first kappa shape index (κ1) is 20.6. The molecule has 31 heavy (non-hydrogen) atoms. The van der Waals surface area contributed by atoms with E-state index in [2.05, 4.69) is 28.9 Å². The van der Waals surface area contributed by atoms with Crippen LogP contribution in [0.2, 0.25) is 0 Å². The SMILES string of the molecule is COc1ccc(C(=O)NCc2cccc(-c3nc(-c4ccccc4)cs3)c2)cc1OC. The van der Waals surface area contributed by atoms with E-state index >= 15 is 0 Å². The predicted octanol–water partition coefficient (Wildman–Crippen LogP) is 5.42. The van der Waals surface area contributed by atoms with Crippen LogP contribution in [0.5, 0.6) is 11.5 Å². The minimum atomic E-state index is -0.174. The number of carbonyl (C=O) groups is 1. The first-order chi connectivity index (χ1) is 15.2. The summed E-state index contributed by atoms with van der Waals surface area (Å²) in [7, 11) is 3.11. The maximum absolute atomic E-state index is 12.6. The predicted molar refractivity (Wildman–Crippen MR) is 124 cm³/mol. The third-order valence-corrected chi connectivity index (χ3v) is 5.74. The normalized spacial score (nSPS) is 10.5. The molecule has 0 bridgehead atoms. The molecule has 0 spiro atoms. The fourth-order valence-electron chi connectivity index (χ4n) is 3.22. The molecule has 5 nitrogen and oxygen atoms in total. The number of thiazole rings is 1. The Bertz CT molecular complexity index is 1190. The van der Waals surface area contributed by atoms with Crippen LogP contribution in [0.1, 0.15) is 15.9 Å². The lowest BCUT2D eigenvalue weighted by atomic mass is 10.1. The highest BCUT2D eigenvalue weighted by Gasteiger charge is 2.11. The molecule has 1 amide bonds. The Balaban J connectivity index is 1.46. The van der Waals surface area contributed by atoms with Crippen LogP contribution in [-0.2, 0) is 6.54 Å². The molecule has 0 saturated carbocycles. The molecule has 0 aliphatic carbocycles. The van der Waals surface area contributed by atoms with Crippen molar-refractivity contribution in [1.82, 2.24) is 10.3 Å². The molecular weight excluding hydrogens is 408 g/mol. The Morgan fingerprint density at radius 2 is 1.68 bits per heavy atom. The van der Waals surface area contributed by atoms with E-state index in [1.54, 1.807) is 43.8 Å². The van der Waals surface area contributed by atoms with Crippen LogP contribution in [0.15, 0.2) is 78.2 Å². The molecule has 0 radical (unpaired) electrons. The van der Waals surface area contributed by atoms with Crippen molar-refractivity contribution in [3.63, 3.8) is 0 Å². The Labute approximate surface area is 185 Å². The van der Waals surface area contributed by atoms with E-state index in [0.717, 1.165) is 27.4 Å². The van der Waals surface area contributed by atoms with E-state index in [1.165, 1.54) is 0 Å². The zero-order chi connectivity index (χ0) is 21.6. The van der Waals surface area contributed by atoms with Crippen molar-refractivity contribution in [2.75, 3.05) is 14.2 Å². The Morgan fingerprint density at radius 1 is 0.903 bits per heavy atom. The number of nitrogens with zero attached hydrogens (tertiary/aromatic N) is 1. The van der Waals surface area contributed by atoms with Crippen LogP contribution >= 0.6 is 11.3 Å². The maximum atomic E-state index is 12.6. The summed E-state index contributed by atoms with van der Waals surface area (Å²) in [6.45, 7) is 0.415. The first-order valence-corrected chi connectivity index (χ1v) is 10.7. The molecule has 4 aromatic rings. The molecule has 6 heteroatoms. The molecule has 0 saturated heterocycles. The summed E-state index contributed by atoms with van der Waals surface area (Å²) in [6.07, 6.45) is 0. The van der Waals surface area contributed by atoms with Crippen LogP contribution in [0.3, 0.4) is 0 Å². The number of ether oxygens (including phenoxy) is 2. The van der Waals surface area contributed by atoms with Gasteiger partial charge < -0.3 is 14.8 Å². The molecule has 0 atom stereocenters. The molecule has 1 aromatic heterocycles. The smallest absolute Gasteiger partial charge is 0.251 e. The average Bonchev–Trinajstić information content (AvgIpc) is 3.33. The Kier molecular flexibility index (Phi) is 6.29. The third-order valence-electron chi connectivity index (χ3n) is 4.85. The van der Waals surface area contributed by atoms with Crippen molar-refractivity contribution in [2.24, 2.45) is 0 Å². The molecule has 0 aliphatic rings. The van der Waals surface area contributed by atoms with Gasteiger partial charge in [0.25, 0.3) is 5.91 Å². The van der Waals surface area contributed by atoms with Gasteiger partial charge in [0.05, 0.1) is 19.9 Å². The van der Waals surface area contributed by atoms with Gasteiger partial charge in [-0.15, -0.1) is 11.3 Å². The lowest BCUT2D eigenvalue weighted by molar-refractivity contribution is 0.0950. The zero-order valence-corrected chi connectivity index (χ0v) is 18.1. The largest absolute Gasteiger partial charge is 0.493 e. The van der Waals surface area contributed by atoms with Gasteiger partial charge in [-0.05, 0) is 29.8 Å². The number of carbonyl (C=O) groups excluding carboxylic acids is 1. The number of aromatic nitrogens is 1. The minimum absolute atomic E-state index is 0.174. The number of hydrogen-bond donors (Lipinski definition) is 1. The highest BCUT2D eigenvalue weighted by atomic mass is 32.1. The molecule has 0 unspecified atom stereocenters. The van der Waals surface area contributed by atoms with Gasteiger partial charge in [-0.25, -0.2) is 4.98 Å². The van der Waals surface area contributed by atoms with Crippen LogP contribution in [0, 0.1) is 0 Å². The highest BCUT2D eigenvalue weighted by Crippen LogP contribution is 2.30. The molecular formula is C25H22N2O3S. The maximum Gasteiger partial charge on any atom is 0.251 e. The van der Waals surface area contributed by atoms with Crippen molar-refractivity contribution in [3.05, 3.63) is 89.3 Å². The van der Waals surface area contributed by atoms with E-state index in [-0.39, 0.29) is 5.91 Å². The minimum Gasteiger partial charge on any atom is -0.493 e. The summed E-state index contributed by atoms with van der Waals surface area (Å²) < 4.78 is 10.5. The van der Waals surface area contributed by atoms with Crippen LogP contribution in [0.4, 0.5) is 0 Å². The zero-order valence-electron chi connectivity index (χ0n) is 17.3. The second-order valence-electron chi connectivity index (χ2n) is 6.86. The highest BCUT2D eigenvalue weighted by molar-refractivity contribution is 7.13. The third kappa shape index (κ3) is 4.75. The Morgan fingerprint density at radius 3 is 2.45 bits per heavy atom. The van der Waals surface area contributed by atoms with Gasteiger partial charge in [0, 0.05) is 28.6 Å². The van der Waals surface area contributed by atoms with Crippen molar-refractivity contribution in [1.29, 1.82) is 0 Å². The van der Waals surface area contributed by atoms with E-state index in [4.69, 9.17) is 14.5 Å². The molecule has 0 fully saturated rings. The van der Waals surface area contributed by atoms with Crippen molar-refractivity contribution >= 4 is 17.2 Å². The van der Waals surface area contributed by atoms with Crippen LogP contribution in [-0.4, -0.2) is 25.1 Å². The Hall–Kier alpha value is -3.64. The number of rotatable bonds is 7. The standard InChI is InChI=1S/C25H22N2O3S/c1-29-22-12-11-19(14-23(22)30-2)24(28)26-15-17-7-6-10-20(13-17)25-27-21(16-31-25)18-8-4-3-5-9-18/h3-14,16H,15H2,1-2H3,(H,26,28). The summed E-state index contributed by atoms with van der Waals surface area (Å²) in [5.41, 5.74) is 4.62. The van der Waals surface area contributed by atoms with E-state index < -0.39 is 0 Å². The van der Waals surface area contributed by atoms with Gasteiger partial charge in [0.1, 0.15) is 5.01 Å². The van der Waals surface area contributed by atoms with Gasteiger partial charge in [-0.3, -0.25) is 4.79 Å². The second-order valence-corrected chi connectivity index (χ2v) is 7.71. The topological polar surface area (TPSA) is 60.5 Å². The fraction of sp³-hybridized carbons (Fsp3) is 0.120. The summed E-state index contributed by atoms with van der Waals surface area (Å²) in [5, 5.41) is 5.98. The summed E-state index contributed by atoms with van der Waals surface area (Å²) in [4.78, 5) is 17.4. The van der Waals surface area contributed by atoms with Gasteiger partial charge in [0.2, 0.25) is 0 Å². The van der Waals surface area contributed by atoms with E-state index in [1.807, 2.05) is 36.4 Å². The number of nitrogens with one attached hydrogen (secondary N) is 1. The molecule has 1 heterocycles. The summed E-state index contributed by atoms with van der Waals surface area (Å²) in [6, 6.07) is 23.3. The molecule has 3 aromatic carbocycles. The molecule has 1 N–H and O–H groups in total. The molecule has 0 aliphatic heterocycles. The van der Waals surface area contributed by atoms with Crippen LogP contribution < -0.4 is 14.8 Å². The average molecular weight is 431 g/mol. The van der Waals surface area contributed by atoms with Gasteiger partial charge >= 0.3 is 0 Å². The quantitative estimate of drug-likeness (QED) is 0.425. The van der Waals surface area contributed by atoms with Gasteiger partial charge in [0.15, 0.2) is 11.5 Å².